The number of aromatic nitrogens is 1. The summed E-state index contributed by atoms with van der Waals surface area (Å²) in [5.74, 6) is 0.225. The van der Waals surface area contributed by atoms with Crippen molar-refractivity contribution in [3.63, 3.8) is 0 Å². The molecule has 0 radical (unpaired) electrons. The predicted molar refractivity (Wildman–Crippen MR) is 125 cm³/mol. The molecule has 166 valence electrons. The highest BCUT2D eigenvalue weighted by Gasteiger charge is 2.13. The lowest BCUT2D eigenvalue weighted by atomic mass is 10.2. The minimum atomic E-state index is -0.344. The summed E-state index contributed by atoms with van der Waals surface area (Å²) in [5.41, 5.74) is 2.78. The number of aryl methyl sites for hydroxylation is 1. The van der Waals surface area contributed by atoms with Gasteiger partial charge < -0.3 is 14.4 Å². The second kappa shape index (κ2) is 11.8. The smallest absolute Gasteiger partial charge is 0.307 e. The van der Waals surface area contributed by atoms with Crippen LogP contribution in [-0.2, 0) is 27.5 Å². The number of carbonyl (C=O) groups excluding carboxylic acids is 2. The number of amides is 1. The quantitative estimate of drug-likeness (QED) is 0.333. The normalized spacial score (nSPS) is 10.8. The lowest BCUT2D eigenvalue weighted by Gasteiger charge is -2.21. The Hall–Kier alpha value is -3.45. The van der Waals surface area contributed by atoms with Gasteiger partial charge in [-0.15, -0.1) is 11.3 Å². The Morgan fingerprint density at radius 3 is 2.50 bits per heavy atom. The molecule has 3 rings (SSSR count). The number of hydrogen-bond donors (Lipinski definition) is 0. The van der Waals surface area contributed by atoms with Crippen molar-refractivity contribution < 1.29 is 19.1 Å². The molecule has 0 N–H and O–H groups in total. The van der Waals surface area contributed by atoms with E-state index in [1.54, 1.807) is 22.3 Å². The van der Waals surface area contributed by atoms with Gasteiger partial charge >= 0.3 is 5.97 Å². The highest BCUT2D eigenvalue weighted by atomic mass is 32.1. The molecule has 0 spiro atoms. The van der Waals surface area contributed by atoms with Crippen LogP contribution >= 0.6 is 11.3 Å². The second-order valence-corrected chi connectivity index (χ2v) is 8.18. The van der Waals surface area contributed by atoms with E-state index in [1.165, 1.54) is 13.2 Å². The molecule has 0 aliphatic rings. The van der Waals surface area contributed by atoms with Gasteiger partial charge in [0.1, 0.15) is 12.4 Å². The summed E-state index contributed by atoms with van der Waals surface area (Å²) in [6.07, 6.45) is 3.42. The Morgan fingerprint density at radius 1 is 1.09 bits per heavy atom. The molecule has 1 aromatic heterocycles. The number of hydrogen-bond acceptors (Lipinski definition) is 6. The first-order chi connectivity index (χ1) is 15.5. The number of benzene rings is 2. The van der Waals surface area contributed by atoms with Crippen LogP contribution in [0.15, 0.2) is 66.1 Å². The van der Waals surface area contributed by atoms with Crippen molar-refractivity contribution >= 4 is 29.3 Å². The Labute approximate surface area is 192 Å². The van der Waals surface area contributed by atoms with Crippen LogP contribution in [-0.4, -0.2) is 35.4 Å². The van der Waals surface area contributed by atoms with Crippen LogP contribution in [0.5, 0.6) is 5.75 Å². The maximum atomic E-state index is 12.8. The lowest BCUT2D eigenvalue weighted by Crippen LogP contribution is -2.31. The van der Waals surface area contributed by atoms with Gasteiger partial charge in [0, 0.05) is 24.5 Å². The van der Waals surface area contributed by atoms with Crippen molar-refractivity contribution in [1.29, 1.82) is 0 Å². The fourth-order valence-corrected chi connectivity index (χ4v) is 3.58. The van der Waals surface area contributed by atoms with Gasteiger partial charge in [-0.25, -0.2) is 4.98 Å². The predicted octanol–water partition coefficient (Wildman–Crippen LogP) is 4.64. The van der Waals surface area contributed by atoms with Gasteiger partial charge in [0.25, 0.3) is 0 Å². The Kier molecular flexibility index (Phi) is 8.57. The van der Waals surface area contributed by atoms with E-state index in [9.17, 15) is 9.59 Å². The first kappa shape index (κ1) is 23.2. The molecule has 6 nitrogen and oxygen atoms in total. The summed E-state index contributed by atoms with van der Waals surface area (Å²) in [4.78, 5) is 30.4. The van der Waals surface area contributed by atoms with Crippen LogP contribution < -0.4 is 4.74 Å². The van der Waals surface area contributed by atoms with Gasteiger partial charge in [0.2, 0.25) is 5.91 Å². The standard InChI is InChI=1S/C25H26N2O4S/c1-19-26-22(18-32-19)17-31-23-11-8-20(9-12-23)10-13-24(28)27(15-14-25(29)30-2)16-21-6-4-3-5-7-21/h3-13,18H,14-17H2,1-2H3/b13-10+. The van der Waals surface area contributed by atoms with E-state index >= 15 is 0 Å². The van der Waals surface area contributed by atoms with E-state index in [-0.39, 0.29) is 24.8 Å². The molecule has 0 fully saturated rings. The monoisotopic (exact) mass is 450 g/mol. The molecule has 0 atom stereocenters. The van der Waals surface area contributed by atoms with Gasteiger partial charge in [-0.2, -0.15) is 0 Å². The van der Waals surface area contributed by atoms with Gasteiger partial charge in [-0.05, 0) is 36.3 Å². The van der Waals surface area contributed by atoms with E-state index in [0.717, 1.165) is 27.6 Å². The molecule has 0 saturated heterocycles. The van der Waals surface area contributed by atoms with Gasteiger partial charge in [-0.3, -0.25) is 9.59 Å². The zero-order valence-corrected chi connectivity index (χ0v) is 19.0. The zero-order valence-electron chi connectivity index (χ0n) is 18.2. The van der Waals surface area contributed by atoms with Crippen molar-refractivity contribution in [2.24, 2.45) is 0 Å². The molecule has 0 aliphatic carbocycles. The SMILES string of the molecule is COC(=O)CCN(Cc1ccccc1)C(=O)/C=C/c1ccc(OCc2csc(C)n2)cc1. The number of carbonyl (C=O) groups is 2. The largest absolute Gasteiger partial charge is 0.487 e. The van der Waals surface area contributed by atoms with Crippen LogP contribution in [0.2, 0.25) is 0 Å². The van der Waals surface area contributed by atoms with E-state index in [2.05, 4.69) is 4.98 Å². The summed E-state index contributed by atoms with van der Waals surface area (Å²) < 4.78 is 10.5. The fourth-order valence-electron chi connectivity index (χ4n) is 2.98. The third-order valence-electron chi connectivity index (χ3n) is 4.69. The zero-order chi connectivity index (χ0) is 22.8. The van der Waals surface area contributed by atoms with Crippen LogP contribution in [0.25, 0.3) is 6.08 Å². The fraction of sp³-hybridized carbons (Fsp3) is 0.240. The molecule has 1 amide bonds. The van der Waals surface area contributed by atoms with Gasteiger partial charge in [0.05, 0.1) is 24.2 Å². The highest BCUT2D eigenvalue weighted by molar-refractivity contribution is 7.09. The molecule has 0 bridgehead atoms. The average molecular weight is 451 g/mol. The summed E-state index contributed by atoms with van der Waals surface area (Å²) in [7, 11) is 1.34. The summed E-state index contributed by atoms with van der Waals surface area (Å²) in [6, 6.07) is 17.2. The van der Waals surface area contributed by atoms with Crippen LogP contribution in [0.4, 0.5) is 0 Å². The second-order valence-electron chi connectivity index (χ2n) is 7.12. The van der Waals surface area contributed by atoms with Crippen LogP contribution in [0, 0.1) is 6.92 Å². The Morgan fingerprint density at radius 2 is 1.84 bits per heavy atom. The molecular formula is C25H26N2O4S. The molecule has 2 aromatic carbocycles. The Balaban J connectivity index is 1.59. The number of thiazole rings is 1. The van der Waals surface area contributed by atoms with Gasteiger partial charge in [-0.1, -0.05) is 42.5 Å². The van der Waals surface area contributed by atoms with Crippen molar-refractivity contribution in [3.05, 3.63) is 87.9 Å². The molecule has 7 heteroatoms. The summed E-state index contributed by atoms with van der Waals surface area (Å²) >= 11 is 1.60. The van der Waals surface area contributed by atoms with Crippen LogP contribution in [0.3, 0.4) is 0 Å². The number of methoxy groups -OCH3 is 1. The molecular weight excluding hydrogens is 424 g/mol. The number of rotatable bonds is 10. The molecule has 32 heavy (non-hydrogen) atoms. The topological polar surface area (TPSA) is 68.7 Å². The molecule has 0 saturated carbocycles. The minimum absolute atomic E-state index is 0.146. The number of nitrogens with zero attached hydrogens (tertiary/aromatic N) is 2. The van der Waals surface area contributed by atoms with Crippen molar-refractivity contribution in [1.82, 2.24) is 9.88 Å². The average Bonchev–Trinajstić information content (AvgIpc) is 3.25. The molecule has 0 aliphatic heterocycles. The maximum absolute atomic E-state index is 12.8. The minimum Gasteiger partial charge on any atom is -0.487 e. The Bertz CT molecular complexity index is 1050. The van der Waals surface area contributed by atoms with E-state index in [0.29, 0.717) is 13.2 Å². The number of esters is 1. The van der Waals surface area contributed by atoms with Crippen LogP contribution in [0.1, 0.15) is 28.2 Å². The van der Waals surface area contributed by atoms with E-state index in [1.807, 2.05) is 66.9 Å². The number of ether oxygens (including phenoxy) is 2. The first-order valence-corrected chi connectivity index (χ1v) is 11.1. The van der Waals surface area contributed by atoms with E-state index in [4.69, 9.17) is 9.47 Å². The third-order valence-corrected chi connectivity index (χ3v) is 5.52. The lowest BCUT2D eigenvalue weighted by molar-refractivity contribution is -0.141. The first-order valence-electron chi connectivity index (χ1n) is 10.2. The molecule has 3 aromatic rings. The van der Waals surface area contributed by atoms with E-state index < -0.39 is 0 Å². The van der Waals surface area contributed by atoms with Crippen molar-refractivity contribution in [2.45, 2.75) is 26.5 Å². The summed E-state index contributed by atoms with van der Waals surface area (Å²) in [6.45, 7) is 3.09. The van der Waals surface area contributed by atoms with Crippen molar-refractivity contribution in [2.75, 3.05) is 13.7 Å². The molecule has 1 heterocycles. The third kappa shape index (κ3) is 7.35. The maximum Gasteiger partial charge on any atom is 0.307 e. The van der Waals surface area contributed by atoms with Crippen molar-refractivity contribution in [3.8, 4) is 5.75 Å². The van der Waals surface area contributed by atoms with Gasteiger partial charge in [0.15, 0.2) is 0 Å². The molecule has 0 unspecified atom stereocenters. The summed E-state index contributed by atoms with van der Waals surface area (Å²) in [5, 5.41) is 3.00. The highest BCUT2D eigenvalue weighted by Crippen LogP contribution is 2.16.